The van der Waals surface area contributed by atoms with Crippen molar-refractivity contribution in [2.45, 2.75) is 44.8 Å². The third kappa shape index (κ3) is 2.22. The molecule has 0 aromatic heterocycles. The van der Waals surface area contributed by atoms with Crippen LogP contribution in [0.1, 0.15) is 0 Å². The molecule has 0 amide bonds. The lowest BCUT2D eigenvalue weighted by atomic mass is 10.6. The van der Waals surface area contributed by atoms with Crippen molar-refractivity contribution in [2.75, 3.05) is 21.3 Å². The molecule has 7 heteroatoms. The Hall–Kier alpha value is 0.491. The van der Waals surface area contributed by atoms with E-state index in [0.29, 0.717) is 0 Å². The predicted octanol–water partition coefficient (Wildman–Crippen LogP) is 2.26. The van der Waals surface area contributed by atoms with Crippen molar-refractivity contribution in [2.24, 2.45) is 0 Å². The molecule has 102 valence electrons. The average Bonchev–Trinajstić information content (AvgIpc) is 2.25. The van der Waals surface area contributed by atoms with Gasteiger partial charge in [0, 0.05) is 27.4 Å². The molecule has 1 heterocycles. The van der Waals surface area contributed by atoms with Crippen LogP contribution in [0.5, 0.6) is 0 Å². The lowest BCUT2D eigenvalue weighted by Crippen LogP contribution is -2.80. The first-order chi connectivity index (χ1) is 7.60. The number of hydrogen-bond acceptors (Lipinski definition) is 4. The molecule has 0 bridgehead atoms. The molecule has 0 aromatic rings. The van der Waals surface area contributed by atoms with Crippen LogP contribution in [-0.4, -0.2) is 50.1 Å². The zero-order chi connectivity index (χ0) is 13.5. The maximum Gasteiger partial charge on any atom is 0.315 e. The lowest BCUT2D eigenvalue weighted by Gasteiger charge is -2.56. The normalized spacial score (nSPS) is 34.6. The van der Waals surface area contributed by atoms with Gasteiger partial charge >= 0.3 is 8.08 Å². The van der Waals surface area contributed by atoms with E-state index in [4.69, 9.17) is 18.3 Å². The first-order valence-electron chi connectivity index (χ1n) is 5.95. The summed E-state index contributed by atoms with van der Waals surface area (Å²) in [4.78, 5) is 0. The van der Waals surface area contributed by atoms with E-state index in [9.17, 15) is 0 Å². The van der Waals surface area contributed by atoms with Crippen molar-refractivity contribution in [3.63, 3.8) is 0 Å². The fourth-order valence-electron chi connectivity index (χ4n) is 2.45. The van der Waals surface area contributed by atoms with Gasteiger partial charge in [-0.15, -0.1) is 0 Å². The van der Waals surface area contributed by atoms with E-state index >= 15 is 0 Å². The quantitative estimate of drug-likeness (QED) is 0.591. The summed E-state index contributed by atoms with van der Waals surface area (Å²) in [5, 5.41) is 0. The van der Waals surface area contributed by atoms with Gasteiger partial charge in [0.2, 0.25) is 0 Å². The van der Waals surface area contributed by atoms with E-state index in [-0.39, 0.29) is 0 Å². The zero-order valence-corrected chi connectivity index (χ0v) is 15.3. The first-order valence-corrected chi connectivity index (χ1v) is 16.5. The van der Waals surface area contributed by atoms with Gasteiger partial charge in [-0.05, 0) is 6.55 Å². The van der Waals surface area contributed by atoms with Crippen LogP contribution in [0.2, 0.25) is 38.8 Å². The minimum atomic E-state index is -2.20. The van der Waals surface area contributed by atoms with Gasteiger partial charge in [-0.3, -0.25) is 0 Å². The second-order valence-corrected chi connectivity index (χ2v) is 31.7. The van der Waals surface area contributed by atoms with Gasteiger partial charge in [-0.2, -0.15) is 0 Å². The van der Waals surface area contributed by atoms with Gasteiger partial charge in [0.15, 0.2) is 0 Å². The second kappa shape index (κ2) is 4.55. The molecule has 0 radical (unpaired) electrons. The average molecular weight is 295 g/mol. The number of rotatable bonds is 3. The molecule has 1 unspecified atom stereocenters. The van der Waals surface area contributed by atoms with Crippen LogP contribution in [0.25, 0.3) is 0 Å². The third-order valence-corrected chi connectivity index (χ3v) is 41.9. The first kappa shape index (κ1) is 15.5. The fourth-order valence-corrected chi connectivity index (χ4v) is 29.0. The van der Waals surface area contributed by atoms with Gasteiger partial charge in [-0.25, -0.2) is 0 Å². The largest absolute Gasteiger partial charge is 0.400 e. The topological polar surface area (TPSA) is 36.9 Å². The van der Waals surface area contributed by atoms with Gasteiger partial charge in [-0.1, -0.05) is 26.2 Å². The minimum absolute atomic E-state index is 0.880. The zero-order valence-electron chi connectivity index (χ0n) is 12.3. The minimum Gasteiger partial charge on any atom is -0.400 e. The molecule has 0 aromatic carbocycles. The monoisotopic (exact) mass is 294 g/mol. The lowest BCUT2D eigenvalue weighted by molar-refractivity contribution is -0.319. The van der Waals surface area contributed by atoms with Crippen molar-refractivity contribution in [3.8, 4) is 0 Å². The molecule has 17 heavy (non-hydrogen) atoms. The Labute approximate surface area is 107 Å². The standard InChI is InChI=1S/C10H26O4Si3/c1-11-10(12-2)9-15(4,5)16(6,7)17(8,13-3)14-10/h9H2,1-8H3. The van der Waals surface area contributed by atoms with E-state index < -0.39 is 28.8 Å². The van der Waals surface area contributed by atoms with Crippen LogP contribution in [0.4, 0.5) is 0 Å². The van der Waals surface area contributed by atoms with E-state index in [0.717, 1.165) is 6.04 Å². The maximum absolute atomic E-state index is 6.23. The molecule has 0 N–H and O–H groups in total. The highest BCUT2D eigenvalue weighted by Crippen LogP contribution is 2.44. The summed E-state index contributed by atoms with van der Waals surface area (Å²) in [6.07, 6.45) is 0. The highest BCUT2D eigenvalue weighted by Gasteiger charge is 2.67. The molecule has 0 spiro atoms. The number of ether oxygens (including phenoxy) is 2. The van der Waals surface area contributed by atoms with Crippen LogP contribution in [0.3, 0.4) is 0 Å². The van der Waals surface area contributed by atoms with E-state index in [2.05, 4.69) is 32.7 Å². The summed E-state index contributed by atoms with van der Waals surface area (Å²) < 4.78 is 23.1. The molecular formula is C10H26O4Si3. The molecule has 1 rings (SSSR count). The summed E-state index contributed by atoms with van der Waals surface area (Å²) >= 11 is 0. The van der Waals surface area contributed by atoms with Gasteiger partial charge in [0.05, 0.1) is 7.59 Å². The predicted molar refractivity (Wildman–Crippen MR) is 76.2 cm³/mol. The molecule has 1 atom stereocenters. The van der Waals surface area contributed by atoms with Crippen LogP contribution >= 0.6 is 0 Å². The molecule has 1 aliphatic rings. The van der Waals surface area contributed by atoms with Crippen LogP contribution in [0, 0.1) is 0 Å². The second-order valence-electron chi connectivity index (χ2n) is 6.03. The van der Waals surface area contributed by atoms with Gasteiger partial charge in [0.1, 0.15) is 7.11 Å². The van der Waals surface area contributed by atoms with E-state index in [1.54, 1.807) is 21.3 Å². The summed E-state index contributed by atoms with van der Waals surface area (Å²) in [6, 6.07) is 0.887. The molecular weight excluding hydrogens is 268 g/mol. The Balaban J connectivity index is 3.23. The van der Waals surface area contributed by atoms with Crippen LogP contribution < -0.4 is 0 Å². The van der Waals surface area contributed by atoms with E-state index in [1.165, 1.54) is 0 Å². The van der Waals surface area contributed by atoms with Crippen molar-refractivity contribution >= 4 is 22.8 Å². The van der Waals surface area contributed by atoms with Crippen molar-refractivity contribution in [1.82, 2.24) is 0 Å². The summed E-state index contributed by atoms with van der Waals surface area (Å²) in [5.74, 6) is -0.880. The third-order valence-electron chi connectivity index (χ3n) is 4.85. The summed E-state index contributed by atoms with van der Waals surface area (Å²) in [5.41, 5.74) is 0. The molecule has 0 saturated carbocycles. The fraction of sp³-hybridized carbons (Fsp3) is 1.00. The number of hydrogen-bond donors (Lipinski definition) is 0. The number of methoxy groups -OCH3 is 2. The SMILES string of the molecule is COC1(OC)C[Si](C)(C)[Si](C)(C)[Si](C)(OC)O1. The van der Waals surface area contributed by atoms with Gasteiger partial charge in [0.25, 0.3) is 5.97 Å². The van der Waals surface area contributed by atoms with Crippen molar-refractivity contribution < 1.29 is 18.3 Å². The van der Waals surface area contributed by atoms with Crippen molar-refractivity contribution in [3.05, 3.63) is 0 Å². The Morgan fingerprint density at radius 2 is 1.41 bits per heavy atom. The maximum atomic E-state index is 6.23. The molecule has 4 nitrogen and oxygen atoms in total. The molecule has 1 fully saturated rings. The van der Waals surface area contributed by atoms with Crippen LogP contribution in [-0.2, 0) is 18.3 Å². The van der Waals surface area contributed by atoms with Crippen molar-refractivity contribution in [1.29, 1.82) is 0 Å². The highest BCUT2D eigenvalue weighted by molar-refractivity contribution is 7.66. The molecule has 0 aliphatic carbocycles. The summed E-state index contributed by atoms with van der Waals surface area (Å²) in [6.45, 7) is 11.8. The highest BCUT2D eigenvalue weighted by atomic mass is 29.7. The van der Waals surface area contributed by atoms with Gasteiger partial charge < -0.3 is 18.3 Å². The molecule has 1 aliphatic heterocycles. The Morgan fingerprint density at radius 1 is 0.941 bits per heavy atom. The summed E-state index contributed by atoms with van der Waals surface area (Å²) in [7, 11) is -0.0984. The Morgan fingerprint density at radius 3 is 1.76 bits per heavy atom. The van der Waals surface area contributed by atoms with Crippen LogP contribution in [0.15, 0.2) is 0 Å². The van der Waals surface area contributed by atoms with E-state index in [1.807, 2.05) is 0 Å². The smallest absolute Gasteiger partial charge is 0.315 e. The Bertz CT molecular complexity index is 291. The molecule has 1 saturated heterocycles. The Kier molecular flexibility index (Phi) is 4.16.